The van der Waals surface area contributed by atoms with E-state index >= 15 is 0 Å². The van der Waals surface area contributed by atoms with Gasteiger partial charge in [-0.1, -0.05) is 37.6 Å². The van der Waals surface area contributed by atoms with Gasteiger partial charge in [-0.15, -0.1) is 0 Å². The molecule has 2 aromatic rings. The zero-order valence-electron chi connectivity index (χ0n) is 11.4. The summed E-state index contributed by atoms with van der Waals surface area (Å²) in [4.78, 5) is 4.00. The average Bonchev–Trinajstić information content (AvgIpc) is 2.47. The average molecular weight is 255 g/mol. The van der Waals surface area contributed by atoms with Crippen molar-refractivity contribution in [1.82, 2.24) is 4.98 Å². The molecule has 0 saturated carbocycles. The fraction of sp³-hybridized carbons (Fsp3) is 0.353. The summed E-state index contributed by atoms with van der Waals surface area (Å²) in [6.45, 7) is 2.18. The number of hydrogen-bond acceptors (Lipinski definition) is 2. The van der Waals surface area contributed by atoms with Gasteiger partial charge >= 0.3 is 0 Å². The normalized spacial score (nSPS) is 12.3. The lowest BCUT2D eigenvalue weighted by Crippen LogP contribution is -2.00. The van der Waals surface area contributed by atoms with E-state index in [4.69, 9.17) is 0 Å². The molecule has 0 aliphatic heterocycles. The molecule has 2 rings (SSSR count). The predicted molar refractivity (Wildman–Crippen MR) is 78.0 cm³/mol. The first-order valence-electron chi connectivity index (χ1n) is 6.95. The third kappa shape index (κ3) is 4.18. The van der Waals surface area contributed by atoms with Gasteiger partial charge in [-0.25, -0.2) is 0 Å². The van der Waals surface area contributed by atoms with Crippen LogP contribution in [0.2, 0.25) is 0 Å². The molecule has 0 spiro atoms. The van der Waals surface area contributed by atoms with Crippen LogP contribution in [0, 0.1) is 0 Å². The van der Waals surface area contributed by atoms with Gasteiger partial charge in [0.2, 0.25) is 0 Å². The lowest BCUT2D eigenvalue weighted by molar-refractivity contribution is 0.168. The minimum atomic E-state index is -0.385. The number of pyridine rings is 1. The van der Waals surface area contributed by atoms with Crippen LogP contribution < -0.4 is 0 Å². The molecule has 0 saturated heterocycles. The van der Waals surface area contributed by atoms with E-state index in [1.54, 1.807) is 12.4 Å². The van der Waals surface area contributed by atoms with Crippen molar-refractivity contribution in [2.75, 3.05) is 0 Å². The molecule has 0 amide bonds. The molecule has 1 aromatic heterocycles. The Morgan fingerprint density at radius 3 is 2.21 bits per heavy atom. The molecule has 0 aliphatic carbocycles. The quantitative estimate of drug-likeness (QED) is 0.853. The second kappa shape index (κ2) is 7.05. The number of aliphatic hydroxyl groups is 1. The second-order valence-electron chi connectivity index (χ2n) is 4.90. The van der Waals surface area contributed by atoms with Crippen molar-refractivity contribution in [3.05, 3.63) is 65.5 Å². The molecule has 0 aliphatic rings. The van der Waals surface area contributed by atoms with Crippen molar-refractivity contribution in [3.63, 3.8) is 0 Å². The van der Waals surface area contributed by atoms with E-state index < -0.39 is 0 Å². The van der Waals surface area contributed by atoms with Gasteiger partial charge in [0.15, 0.2) is 0 Å². The molecule has 2 heteroatoms. The van der Waals surface area contributed by atoms with Crippen molar-refractivity contribution >= 4 is 0 Å². The summed E-state index contributed by atoms with van der Waals surface area (Å²) in [5.74, 6) is 0. The van der Waals surface area contributed by atoms with Crippen LogP contribution in [0.15, 0.2) is 48.8 Å². The van der Waals surface area contributed by atoms with Crippen molar-refractivity contribution < 1.29 is 5.11 Å². The molecular weight excluding hydrogens is 234 g/mol. The maximum Gasteiger partial charge on any atom is 0.0793 e. The Bertz CT molecular complexity index is 478. The highest BCUT2D eigenvalue weighted by atomic mass is 16.3. The van der Waals surface area contributed by atoms with Crippen LogP contribution in [0.1, 0.15) is 42.6 Å². The Morgan fingerprint density at radius 2 is 1.58 bits per heavy atom. The first-order valence-corrected chi connectivity index (χ1v) is 6.95. The molecule has 0 fully saturated rings. The van der Waals surface area contributed by atoms with Crippen LogP contribution in [0.4, 0.5) is 0 Å². The third-order valence-electron chi connectivity index (χ3n) is 3.36. The van der Waals surface area contributed by atoms with Gasteiger partial charge in [0, 0.05) is 12.4 Å². The summed E-state index contributed by atoms with van der Waals surface area (Å²) < 4.78 is 0. The fourth-order valence-electron chi connectivity index (χ4n) is 2.21. The smallest absolute Gasteiger partial charge is 0.0793 e. The van der Waals surface area contributed by atoms with E-state index in [0.29, 0.717) is 0 Å². The number of nitrogens with zero attached hydrogens (tertiary/aromatic N) is 1. The largest absolute Gasteiger partial charge is 0.388 e. The summed E-state index contributed by atoms with van der Waals surface area (Å²) in [5, 5.41) is 10.2. The first kappa shape index (κ1) is 13.8. The molecule has 0 radical (unpaired) electrons. The zero-order chi connectivity index (χ0) is 13.5. The second-order valence-corrected chi connectivity index (χ2v) is 4.90. The zero-order valence-corrected chi connectivity index (χ0v) is 11.4. The SMILES string of the molecule is CCCc1ccc(C(O)CCc2ccncc2)cc1. The van der Waals surface area contributed by atoms with Crippen molar-refractivity contribution in [2.45, 2.75) is 38.7 Å². The summed E-state index contributed by atoms with van der Waals surface area (Å²) in [6, 6.07) is 12.3. The highest BCUT2D eigenvalue weighted by Crippen LogP contribution is 2.19. The number of benzene rings is 1. The number of aliphatic hydroxyl groups excluding tert-OH is 1. The molecule has 0 bridgehead atoms. The van der Waals surface area contributed by atoms with Crippen LogP contribution >= 0.6 is 0 Å². The van der Waals surface area contributed by atoms with Crippen LogP contribution in [0.5, 0.6) is 0 Å². The third-order valence-corrected chi connectivity index (χ3v) is 3.36. The van der Waals surface area contributed by atoms with Gasteiger partial charge in [0.05, 0.1) is 6.10 Å². The molecule has 1 N–H and O–H groups in total. The van der Waals surface area contributed by atoms with E-state index in [2.05, 4.69) is 24.0 Å². The van der Waals surface area contributed by atoms with E-state index in [9.17, 15) is 5.11 Å². The first-order chi connectivity index (χ1) is 9.29. The molecule has 1 heterocycles. The van der Waals surface area contributed by atoms with E-state index in [0.717, 1.165) is 31.2 Å². The van der Waals surface area contributed by atoms with Crippen LogP contribution in [-0.2, 0) is 12.8 Å². The number of hydrogen-bond donors (Lipinski definition) is 1. The van der Waals surface area contributed by atoms with Crippen molar-refractivity contribution in [1.29, 1.82) is 0 Å². The summed E-state index contributed by atoms with van der Waals surface area (Å²) in [5.41, 5.74) is 3.57. The van der Waals surface area contributed by atoms with Crippen LogP contribution in [-0.4, -0.2) is 10.1 Å². The monoisotopic (exact) mass is 255 g/mol. The minimum Gasteiger partial charge on any atom is -0.388 e. The summed E-state index contributed by atoms with van der Waals surface area (Å²) in [7, 11) is 0. The lowest BCUT2D eigenvalue weighted by Gasteiger charge is -2.11. The maximum atomic E-state index is 10.2. The lowest BCUT2D eigenvalue weighted by atomic mass is 10.00. The molecule has 100 valence electrons. The summed E-state index contributed by atoms with van der Waals surface area (Å²) >= 11 is 0. The van der Waals surface area contributed by atoms with E-state index in [1.165, 1.54) is 11.1 Å². The molecule has 2 nitrogen and oxygen atoms in total. The Hall–Kier alpha value is -1.67. The van der Waals surface area contributed by atoms with Gasteiger partial charge < -0.3 is 5.11 Å². The highest BCUT2D eigenvalue weighted by molar-refractivity contribution is 5.24. The number of aromatic nitrogens is 1. The molecule has 19 heavy (non-hydrogen) atoms. The van der Waals surface area contributed by atoms with Gasteiger partial charge in [-0.3, -0.25) is 4.98 Å². The Labute approximate surface area is 115 Å². The Kier molecular flexibility index (Phi) is 5.10. The predicted octanol–water partition coefficient (Wildman–Crippen LogP) is 3.70. The van der Waals surface area contributed by atoms with E-state index in [1.807, 2.05) is 24.3 Å². The van der Waals surface area contributed by atoms with Gasteiger partial charge in [0.1, 0.15) is 0 Å². The van der Waals surface area contributed by atoms with Crippen LogP contribution in [0.3, 0.4) is 0 Å². The van der Waals surface area contributed by atoms with Gasteiger partial charge in [0.25, 0.3) is 0 Å². The standard InChI is InChI=1S/C17H21NO/c1-2-3-14-4-7-16(8-5-14)17(19)9-6-15-10-12-18-13-11-15/h4-5,7-8,10-13,17,19H,2-3,6,9H2,1H3. The van der Waals surface area contributed by atoms with Crippen molar-refractivity contribution in [2.24, 2.45) is 0 Å². The molecular formula is C17H21NO. The topological polar surface area (TPSA) is 33.1 Å². The molecule has 1 atom stereocenters. The Morgan fingerprint density at radius 1 is 0.947 bits per heavy atom. The summed E-state index contributed by atoms with van der Waals surface area (Å²) in [6.07, 6.45) is 7.08. The van der Waals surface area contributed by atoms with Crippen molar-refractivity contribution in [3.8, 4) is 0 Å². The highest BCUT2D eigenvalue weighted by Gasteiger charge is 2.07. The maximum absolute atomic E-state index is 10.2. The Balaban J connectivity index is 1.90. The minimum absolute atomic E-state index is 0.385. The van der Waals surface area contributed by atoms with Gasteiger partial charge in [-0.05, 0) is 48.1 Å². The molecule has 1 unspecified atom stereocenters. The number of aryl methyl sites for hydroxylation is 2. The van der Waals surface area contributed by atoms with Gasteiger partial charge in [-0.2, -0.15) is 0 Å². The fourth-order valence-corrected chi connectivity index (χ4v) is 2.21. The molecule has 1 aromatic carbocycles. The van der Waals surface area contributed by atoms with E-state index in [-0.39, 0.29) is 6.10 Å². The number of rotatable bonds is 6. The van der Waals surface area contributed by atoms with Crippen LogP contribution in [0.25, 0.3) is 0 Å².